The lowest BCUT2D eigenvalue weighted by Crippen LogP contribution is -2.29. The van der Waals surface area contributed by atoms with E-state index < -0.39 is 0 Å². The molecule has 1 saturated carbocycles. The van der Waals surface area contributed by atoms with Gasteiger partial charge in [0.25, 0.3) is 0 Å². The first kappa shape index (κ1) is 10.8. The van der Waals surface area contributed by atoms with Crippen LogP contribution in [-0.4, -0.2) is 6.04 Å². The van der Waals surface area contributed by atoms with Gasteiger partial charge in [-0.15, -0.1) is 0 Å². The Kier molecular flexibility index (Phi) is 5.14. The van der Waals surface area contributed by atoms with E-state index in [1.54, 1.807) is 0 Å². The summed E-state index contributed by atoms with van der Waals surface area (Å²) >= 11 is 0. The average molecular weight is 181 g/mol. The van der Waals surface area contributed by atoms with E-state index in [4.69, 9.17) is 5.73 Å². The summed E-state index contributed by atoms with van der Waals surface area (Å²) in [6.07, 6.45) is 13.8. The summed E-state index contributed by atoms with van der Waals surface area (Å²) in [5, 5.41) is 0. The van der Waals surface area contributed by atoms with Crippen molar-refractivity contribution in [2.24, 2.45) is 11.7 Å². The Balaban J connectivity index is 2.24. The predicted octanol–water partition coefficient (Wildman–Crippen LogP) is 3.25. The highest BCUT2D eigenvalue weighted by atomic mass is 14.6. The molecule has 1 fully saturated rings. The smallest absolute Gasteiger partial charge is 0.0252 e. The van der Waals surface area contributed by atoms with Crippen molar-refractivity contribution < 1.29 is 0 Å². The van der Waals surface area contributed by atoms with E-state index in [-0.39, 0.29) is 0 Å². The number of nitrogens with two attached hydrogens (primary N) is 1. The lowest BCUT2D eigenvalue weighted by molar-refractivity contribution is 0.332. The number of hydrogen-bond acceptors (Lipinski definition) is 1. The van der Waals surface area contributed by atoms with Gasteiger partial charge < -0.3 is 5.73 Å². The third kappa shape index (κ3) is 3.95. The maximum atomic E-state index is 6.10. The minimum absolute atomic E-state index is 0.326. The summed E-state index contributed by atoms with van der Waals surface area (Å²) in [4.78, 5) is 0. The Morgan fingerprint density at radius 2 is 2.00 bits per heavy atom. The highest BCUT2D eigenvalue weighted by molar-refractivity contribution is 4.95. The van der Waals surface area contributed by atoms with E-state index in [9.17, 15) is 0 Å². The van der Waals surface area contributed by atoms with Crippen LogP contribution in [0, 0.1) is 5.92 Å². The van der Waals surface area contributed by atoms with Crippen LogP contribution in [0.5, 0.6) is 0 Å². The molecule has 1 unspecified atom stereocenters. The van der Waals surface area contributed by atoms with Crippen LogP contribution in [0.2, 0.25) is 0 Å². The van der Waals surface area contributed by atoms with Gasteiger partial charge in [-0.3, -0.25) is 0 Å². The van der Waals surface area contributed by atoms with Crippen LogP contribution >= 0.6 is 0 Å². The molecule has 0 aromatic heterocycles. The zero-order valence-electron chi connectivity index (χ0n) is 8.84. The summed E-state index contributed by atoms with van der Waals surface area (Å²) < 4.78 is 0. The zero-order chi connectivity index (χ0) is 9.52. The van der Waals surface area contributed by atoms with E-state index in [0.717, 1.165) is 5.92 Å². The fraction of sp³-hybridized carbons (Fsp3) is 0.833. The van der Waals surface area contributed by atoms with Crippen molar-refractivity contribution in [3.63, 3.8) is 0 Å². The summed E-state index contributed by atoms with van der Waals surface area (Å²) in [6, 6.07) is 0.326. The lowest BCUT2D eigenvalue weighted by Gasteiger charge is -2.25. The van der Waals surface area contributed by atoms with E-state index in [1.807, 2.05) is 0 Å². The van der Waals surface area contributed by atoms with Gasteiger partial charge in [-0.1, -0.05) is 44.8 Å². The standard InChI is InChI=1S/C12H23N/c1-2-3-5-10-12(13)11-8-6-4-7-9-11/h5,10-12H,2-4,6-9,13H2,1H3/b10-5+. The Hall–Kier alpha value is -0.300. The van der Waals surface area contributed by atoms with Crippen molar-refractivity contribution in [1.82, 2.24) is 0 Å². The van der Waals surface area contributed by atoms with Crippen molar-refractivity contribution in [3.05, 3.63) is 12.2 Å². The van der Waals surface area contributed by atoms with E-state index in [0.29, 0.717) is 6.04 Å². The molecule has 0 amide bonds. The minimum Gasteiger partial charge on any atom is -0.324 e. The molecule has 1 aliphatic carbocycles. The van der Waals surface area contributed by atoms with Gasteiger partial charge >= 0.3 is 0 Å². The van der Waals surface area contributed by atoms with Crippen LogP contribution in [-0.2, 0) is 0 Å². The highest BCUT2D eigenvalue weighted by Crippen LogP contribution is 2.26. The van der Waals surface area contributed by atoms with Gasteiger partial charge in [0.15, 0.2) is 0 Å². The van der Waals surface area contributed by atoms with Gasteiger partial charge in [-0.25, -0.2) is 0 Å². The normalized spacial score (nSPS) is 22.3. The van der Waals surface area contributed by atoms with Crippen LogP contribution in [0.1, 0.15) is 51.9 Å². The maximum absolute atomic E-state index is 6.10. The molecule has 13 heavy (non-hydrogen) atoms. The Bertz CT molecular complexity index is 145. The van der Waals surface area contributed by atoms with Crippen molar-refractivity contribution in [3.8, 4) is 0 Å². The molecular formula is C12H23N. The molecule has 0 radical (unpaired) electrons. The van der Waals surface area contributed by atoms with Crippen molar-refractivity contribution in [2.75, 3.05) is 0 Å². The highest BCUT2D eigenvalue weighted by Gasteiger charge is 2.17. The van der Waals surface area contributed by atoms with Crippen molar-refractivity contribution in [1.29, 1.82) is 0 Å². The first-order valence-electron chi connectivity index (χ1n) is 5.77. The van der Waals surface area contributed by atoms with Crippen molar-refractivity contribution >= 4 is 0 Å². The third-order valence-corrected chi connectivity index (χ3v) is 3.01. The summed E-state index contributed by atoms with van der Waals surface area (Å²) in [5.74, 6) is 0.766. The molecule has 76 valence electrons. The van der Waals surface area contributed by atoms with Crippen LogP contribution in [0.4, 0.5) is 0 Å². The molecule has 1 atom stereocenters. The van der Waals surface area contributed by atoms with Gasteiger partial charge in [0, 0.05) is 6.04 Å². The van der Waals surface area contributed by atoms with E-state index in [1.165, 1.54) is 44.9 Å². The second kappa shape index (κ2) is 6.20. The lowest BCUT2D eigenvalue weighted by atomic mass is 9.84. The second-order valence-corrected chi connectivity index (χ2v) is 4.19. The van der Waals surface area contributed by atoms with Crippen LogP contribution in [0.15, 0.2) is 12.2 Å². The van der Waals surface area contributed by atoms with Crippen LogP contribution in [0.25, 0.3) is 0 Å². The summed E-state index contributed by atoms with van der Waals surface area (Å²) in [6.45, 7) is 2.20. The number of hydrogen-bond donors (Lipinski definition) is 1. The molecule has 0 saturated heterocycles. The molecule has 0 spiro atoms. The van der Waals surface area contributed by atoms with Gasteiger partial charge in [0.2, 0.25) is 0 Å². The van der Waals surface area contributed by atoms with Crippen molar-refractivity contribution in [2.45, 2.75) is 57.9 Å². The molecule has 0 bridgehead atoms. The SMILES string of the molecule is CCC/C=C/C(N)C1CCCCC1. The van der Waals surface area contributed by atoms with Gasteiger partial charge in [-0.2, -0.15) is 0 Å². The maximum Gasteiger partial charge on any atom is 0.0252 e. The number of unbranched alkanes of at least 4 members (excludes halogenated alkanes) is 1. The molecule has 1 heteroatoms. The molecule has 0 aromatic rings. The summed E-state index contributed by atoms with van der Waals surface area (Å²) in [5.41, 5.74) is 6.10. The topological polar surface area (TPSA) is 26.0 Å². The fourth-order valence-corrected chi connectivity index (χ4v) is 2.10. The minimum atomic E-state index is 0.326. The summed E-state index contributed by atoms with van der Waals surface area (Å²) in [7, 11) is 0. The first-order valence-corrected chi connectivity index (χ1v) is 5.77. The Morgan fingerprint density at radius 1 is 1.31 bits per heavy atom. The number of rotatable bonds is 4. The molecule has 1 nitrogen and oxygen atoms in total. The predicted molar refractivity (Wildman–Crippen MR) is 58.6 cm³/mol. The average Bonchev–Trinajstić information content (AvgIpc) is 2.19. The third-order valence-electron chi connectivity index (χ3n) is 3.01. The van der Waals surface area contributed by atoms with E-state index in [2.05, 4.69) is 19.1 Å². The largest absolute Gasteiger partial charge is 0.324 e. The molecule has 1 aliphatic rings. The van der Waals surface area contributed by atoms with Gasteiger partial charge in [-0.05, 0) is 25.2 Å². The Morgan fingerprint density at radius 3 is 2.62 bits per heavy atom. The second-order valence-electron chi connectivity index (χ2n) is 4.19. The fourth-order valence-electron chi connectivity index (χ4n) is 2.10. The molecule has 0 aliphatic heterocycles. The zero-order valence-corrected chi connectivity index (χ0v) is 8.84. The van der Waals surface area contributed by atoms with Gasteiger partial charge in [0.05, 0.1) is 0 Å². The quantitative estimate of drug-likeness (QED) is 0.662. The molecular weight excluding hydrogens is 158 g/mol. The molecule has 0 heterocycles. The molecule has 1 rings (SSSR count). The monoisotopic (exact) mass is 181 g/mol. The van der Waals surface area contributed by atoms with Gasteiger partial charge in [0.1, 0.15) is 0 Å². The first-order chi connectivity index (χ1) is 6.34. The van der Waals surface area contributed by atoms with E-state index >= 15 is 0 Å². The van der Waals surface area contributed by atoms with Crippen LogP contribution in [0.3, 0.4) is 0 Å². The molecule has 0 aromatic carbocycles. The Labute approximate surface area is 82.4 Å². The van der Waals surface area contributed by atoms with Crippen LogP contribution < -0.4 is 5.73 Å². The number of allylic oxidation sites excluding steroid dienone is 1. The molecule has 2 N–H and O–H groups in total.